The van der Waals surface area contributed by atoms with Crippen LogP contribution in [0.15, 0.2) is 54.7 Å². The molecule has 2 aromatic heterocycles. The first kappa shape index (κ1) is 17.4. The summed E-state index contributed by atoms with van der Waals surface area (Å²) in [6, 6.07) is 16.7. The van der Waals surface area contributed by atoms with Crippen molar-refractivity contribution in [2.45, 2.75) is 32.8 Å². The number of aryl methyl sites for hydroxylation is 1. The topological polar surface area (TPSA) is 72.0 Å². The summed E-state index contributed by atoms with van der Waals surface area (Å²) in [4.78, 5) is 9.08. The van der Waals surface area contributed by atoms with Gasteiger partial charge < -0.3 is 10.8 Å². The summed E-state index contributed by atoms with van der Waals surface area (Å²) in [5, 5.41) is 11.4. The Balaban J connectivity index is 1.77. The number of benzene rings is 2. The molecular weight excluding hydrogens is 334 g/mol. The number of nitrogens with zero attached hydrogens (tertiary/aromatic N) is 2. The number of nitrogen functional groups attached to an aromatic ring is 1. The summed E-state index contributed by atoms with van der Waals surface area (Å²) >= 11 is 0. The first-order valence-electron chi connectivity index (χ1n) is 9.19. The number of anilines is 1. The van der Waals surface area contributed by atoms with Crippen LogP contribution in [-0.4, -0.2) is 15.1 Å². The van der Waals surface area contributed by atoms with E-state index < -0.39 is 0 Å². The number of rotatable bonds is 4. The molecule has 0 saturated heterocycles. The van der Waals surface area contributed by atoms with E-state index in [0.717, 1.165) is 33.8 Å². The lowest BCUT2D eigenvalue weighted by atomic mass is 9.93. The predicted molar refractivity (Wildman–Crippen MR) is 111 cm³/mol. The molecule has 4 rings (SSSR count). The van der Waals surface area contributed by atoms with Gasteiger partial charge in [-0.2, -0.15) is 0 Å². The van der Waals surface area contributed by atoms with Gasteiger partial charge >= 0.3 is 0 Å². The molecule has 0 bridgehead atoms. The van der Waals surface area contributed by atoms with Crippen LogP contribution in [0.2, 0.25) is 0 Å². The van der Waals surface area contributed by atoms with Crippen molar-refractivity contribution in [3.8, 4) is 0 Å². The second-order valence-corrected chi connectivity index (χ2v) is 7.26. The zero-order chi connectivity index (χ0) is 19.0. The second kappa shape index (κ2) is 6.97. The van der Waals surface area contributed by atoms with Crippen LogP contribution < -0.4 is 5.73 Å². The van der Waals surface area contributed by atoms with Crippen molar-refractivity contribution in [1.82, 2.24) is 9.97 Å². The van der Waals surface area contributed by atoms with Crippen LogP contribution in [-0.2, 0) is 13.0 Å². The fourth-order valence-electron chi connectivity index (χ4n) is 3.53. The molecule has 4 aromatic rings. The van der Waals surface area contributed by atoms with E-state index in [0.29, 0.717) is 11.7 Å². The molecule has 0 aliphatic rings. The molecule has 27 heavy (non-hydrogen) atoms. The van der Waals surface area contributed by atoms with E-state index in [4.69, 9.17) is 5.73 Å². The summed E-state index contributed by atoms with van der Waals surface area (Å²) in [5.41, 5.74) is 12.3. The summed E-state index contributed by atoms with van der Waals surface area (Å²) in [6.07, 6.45) is 2.87. The van der Waals surface area contributed by atoms with Gasteiger partial charge in [0.2, 0.25) is 0 Å². The largest absolute Gasteiger partial charge is 0.392 e. The summed E-state index contributed by atoms with van der Waals surface area (Å²) in [7, 11) is 0. The second-order valence-electron chi connectivity index (χ2n) is 7.26. The lowest BCUT2D eigenvalue weighted by Gasteiger charge is -2.14. The number of fused-ring (bicyclic) bond motifs is 3. The van der Waals surface area contributed by atoms with Crippen LogP contribution in [0.1, 0.15) is 35.1 Å². The highest BCUT2D eigenvalue weighted by atomic mass is 16.3. The Labute approximate surface area is 158 Å². The van der Waals surface area contributed by atoms with Crippen molar-refractivity contribution >= 4 is 27.6 Å². The number of nitrogens with two attached hydrogens (primary N) is 1. The van der Waals surface area contributed by atoms with Gasteiger partial charge in [-0.25, -0.2) is 4.98 Å². The number of aromatic nitrogens is 2. The van der Waals surface area contributed by atoms with Gasteiger partial charge in [0.1, 0.15) is 5.52 Å². The molecule has 0 aliphatic heterocycles. The Hall–Kier alpha value is -2.98. The first-order valence-corrected chi connectivity index (χ1v) is 9.19. The van der Waals surface area contributed by atoms with E-state index in [2.05, 4.69) is 54.1 Å². The highest BCUT2D eigenvalue weighted by Crippen LogP contribution is 2.30. The highest BCUT2D eigenvalue weighted by molar-refractivity contribution is 6.08. The Kier molecular flexibility index (Phi) is 4.50. The maximum absolute atomic E-state index is 9.38. The molecule has 0 amide bonds. The molecule has 1 unspecified atom stereocenters. The third kappa shape index (κ3) is 3.36. The first-order chi connectivity index (χ1) is 13.0. The molecule has 4 nitrogen and oxygen atoms in total. The maximum Gasteiger partial charge on any atom is 0.150 e. The third-order valence-electron chi connectivity index (χ3n) is 5.16. The van der Waals surface area contributed by atoms with Gasteiger partial charge in [0.15, 0.2) is 5.82 Å². The molecule has 2 heterocycles. The van der Waals surface area contributed by atoms with Crippen LogP contribution in [0.3, 0.4) is 0 Å². The van der Waals surface area contributed by atoms with Gasteiger partial charge in [0.25, 0.3) is 0 Å². The lowest BCUT2D eigenvalue weighted by molar-refractivity contribution is 0.282. The Morgan fingerprint density at radius 3 is 2.48 bits per heavy atom. The minimum atomic E-state index is -0.0125. The number of hydrogen-bond donors (Lipinski definition) is 2. The molecule has 136 valence electrons. The number of hydrogen-bond acceptors (Lipinski definition) is 4. The number of pyridine rings is 2. The van der Waals surface area contributed by atoms with Gasteiger partial charge in [0, 0.05) is 17.0 Å². The number of aliphatic hydroxyl groups excluding tert-OH is 1. The Morgan fingerprint density at radius 1 is 1.00 bits per heavy atom. The summed E-state index contributed by atoms with van der Waals surface area (Å²) in [5.74, 6) is 0.760. The summed E-state index contributed by atoms with van der Waals surface area (Å²) < 4.78 is 0. The molecular formula is C23H23N3O. The Morgan fingerprint density at radius 2 is 1.74 bits per heavy atom. The van der Waals surface area contributed by atoms with E-state index in [1.54, 1.807) is 0 Å². The van der Waals surface area contributed by atoms with Gasteiger partial charge in [0.05, 0.1) is 12.1 Å². The van der Waals surface area contributed by atoms with Crippen molar-refractivity contribution in [1.29, 1.82) is 0 Å². The highest BCUT2D eigenvalue weighted by Gasteiger charge is 2.13. The lowest BCUT2D eigenvalue weighted by Crippen LogP contribution is -2.02. The normalized spacial score (nSPS) is 12.6. The summed E-state index contributed by atoms with van der Waals surface area (Å²) in [6.45, 7) is 4.31. The smallest absolute Gasteiger partial charge is 0.150 e. The predicted octanol–water partition coefficient (Wildman–Crippen LogP) is 4.51. The minimum Gasteiger partial charge on any atom is -0.392 e. The molecule has 3 N–H and O–H groups in total. The van der Waals surface area contributed by atoms with Crippen molar-refractivity contribution < 1.29 is 5.11 Å². The fraction of sp³-hybridized carbons (Fsp3) is 0.217. The third-order valence-corrected chi connectivity index (χ3v) is 5.16. The molecule has 2 aromatic carbocycles. The molecule has 1 atom stereocenters. The van der Waals surface area contributed by atoms with E-state index in [1.807, 2.05) is 24.4 Å². The van der Waals surface area contributed by atoms with Crippen molar-refractivity contribution in [3.63, 3.8) is 0 Å². The van der Waals surface area contributed by atoms with Crippen molar-refractivity contribution in [2.75, 3.05) is 5.73 Å². The van der Waals surface area contributed by atoms with E-state index in [9.17, 15) is 5.11 Å². The zero-order valence-corrected chi connectivity index (χ0v) is 15.6. The molecule has 0 saturated carbocycles. The van der Waals surface area contributed by atoms with Gasteiger partial charge in [-0.05, 0) is 48.1 Å². The average Bonchev–Trinajstić information content (AvgIpc) is 2.69. The van der Waals surface area contributed by atoms with Gasteiger partial charge in [-0.15, -0.1) is 0 Å². The minimum absolute atomic E-state index is 0.0125. The van der Waals surface area contributed by atoms with Crippen LogP contribution in [0.25, 0.3) is 21.8 Å². The molecule has 0 spiro atoms. The van der Waals surface area contributed by atoms with E-state index in [-0.39, 0.29) is 6.61 Å². The van der Waals surface area contributed by atoms with E-state index >= 15 is 0 Å². The van der Waals surface area contributed by atoms with Crippen LogP contribution in [0.5, 0.6) is 0 Å². The Bertz CT molecular complexity index is 1120. The van der Waals surface area contributed by atoms with Gasteiger partial charge in [-0.1, -0.05) is 48.9 Å². The van der Waals surface area contributed by atoms with Crippen molar-refractivity contribution in [3.05, 3.63) is 77.0 Å². The van der Waals surface area contributed by atoms with Crippen LogP contribution in [0, 0.1) is 6.92 Å². The fourth-order valence-corrected chi connectivity index (χ4v) is 3.53. The van der Waals surface area contributed by atoms with Crippen LogP contribution >= 0.6 is 0 Å². The molecule has 0 fully saturated rings. The SMILES string of the molecule is Cc1ccc(CC(C)c2cnc3c(N)nc4cc(CO)ccc4c3c2)cc1. The quantitative estimate of drug-likeness (QED) is 0.527. The number of aliphatic hydroxyl groups is 1. The monoisotopic (exact) mass is 357 g/mol. The van der Waals surface area contributed by atoms with Crippen LogP contribution in [0.4, 0.5) is 5.82 Å². The van der Waals surface area contributed by atoms with E-state index in [1.165, 1.54) is 16.7 Å². The standard InChI is InChI=1S/C23H23N3O/c1-14-3-5-16(6-4-14)9-15(2)18-11-20-19-8-7-17(13-27)10-21(19)26-23(24)22(20)25-12-18/h3-8,10-12,15,27H,9,13H2,1-2H3,(H2,24,26). The average molecular weight is 357 g/mol. The molecule has 0 radical (unpaired) electrons. The molecule has 0 aliphatic carbocycles. The molecule has 4 heteroatoms. The van der Waals surface area contributed by atoms with Crippen molar-refractivity contribution in [2.24, 2.45) is 0 Å². The zero-order valence-electron chi connectivity index (χ0n) is 15.6. The maximum atomic E-state index is 9.38. The van der Waals surface area contributed by atoms with Gasteiger partial charge in [-0.3, -0.25) is 4.98 Å².